The average molecular weight is 444 g/mol. The molecule has 0 aliphatic carbocycles. The molecule has 30 heavy (non-hydrogen) atoms. The summed E-state index contributed by atoms with van der Waals surface area (Å²) in [7, 11) is -3.94. The van der Waals surface area contributed by atoms with Crippen LogP contribution < -0.4 is 10.3 Å². The standard InChI is InChI=1S/C21H21N3O4S2/c1-14-8-10-17(11-9-14)30(27,28)24-19(25)13-29-21-22-15(2)18(20(26)23-21)12-16-6-4-3-5-7-16/h3-11H,12-13H2,1-2H3,(H,24,25)(H,22,23,26). The van der Waals surface area contributed by atoms with Crippen LogP contribution in [0, 0.1) is 13.8 Å². The van der Waals surface area contributed by atoms with Gasteiger partial charge < -0.3 is 4.98 Å². The number of nitrogens with zero attached hydrogens (tertiary/aromatic N) is 1. The number of hydrogen-bond acceptors (Lipinski definition) is 6. The number of rotatable bonds is 7. The van der Waals surface area contributed by atoms with E-state index in [1.54, 1.807) is 19.1 Å². The molecule has 0 radical (unpaired) electrons. The van der Waals surface area contributed by atoms with Crippen molar-refractivity contribution in [3.05, 3.63) is 87.3 Å². The molecule has 7 nitrogen and oxygen atoms in total. The van der Waals surface area contributed by atoms with Crippen LogP contribution in [0.2, 0.25) is 0 Å². The topological polar surface area (TPSA) is 109 Å². The van der Waals surface area contributed by atoms with Crippen LogP contribution in [0.25, 0.3) is 0 Å². The minimum absolute atomic E-state index is 0.0130. The molecule has 0 bridgehead atoms. The van der Waals surface area contributed by atoms with Crippen LogP contribution in [-0.4, -0.2) is 30.0 Å². The van der Waals surface area contributed by atoms with Crippen LogP contribution in [0.5, 0.6) is 0 Å². The first-order valence-electron chi connectivity index (χ1n) is 9.13. The molecule has 156 valence electrons. The van der Waals surface area contributed by atoms with Gasteiger partial charge in [-0.25, -0.2) is 18.1 Å². The summed E-state index contributed by atoms with van der Waals surface area (Å²) in [6.45, 7) is 3.58. The lowest BCUT2D eigenvalue weighted by Crippen LogP contribution is -2.32. The van der Waals surface area contributed by atoms with E-state index >= 15 is 0 Å². The molecule has 0 unspecified atom stereocenters. The van der Waals surface area contributed by atoms with Gasteiger partial charge in [0.1, 0.15) is 0 Å². The van der Waals surface area contributed by atoms with Crippen LogP contribution >= 0.6 is 11.8 Å². The first kappa shape index (κ1) is 21.8. The second-order valence-corrected chi connectivity index (χ2v) is 9.37. The number of aromatic amines is 1. The maximum Gasteiger partial charge on any atom is 0.264 e. The Morgan fingerprint density at radius 2 is 1.73 bits per heavy atom. The summed E-state index contributed by atoms with van der Waals surface area (Å²) in [5.74, 6) is -0.903. The predicted octanol–water partition coefficient (Wildman–Crippen LogP) is 2.57. The largest absolute Gasteiger partial charge is 0.301 e. The lowest BCUT2D eigenvalue weighted by Gasteiger charge is -2.08. The van der Waals surface area contributed by atoms with E-state index in [1.165, 1.54) is 12.1 Å². The molecular formula is C21H21N3O4S2. The first-order chi connectivity index (χ1) is 14.2. The molecule has 3 rings (SSSR count). The fraction of sp³-hybridized carbons (Fsp3) is 0.190. The van der Waals surface area contributed by atoms with E-state index in [4.69, 9.17) is 0 Å². The highest BCUT2D eigenvalue weighted by molar-refractivity contribution is 8.00. The van der Waals surface area contributed by atoms with Crippen molar-refractivity contribution in [2.45, 2.75) is 30.3 Å². The fourth-order valence-electron chi connectivity index (χ4n) is 2.75. The number of amides is 1. The van der Waals surface area contributed by atoms with Gasteiger partial charge in [0, 0.05) is 17.7 Å². The van der Waals surface area contributed by atoms with Gasteiger partial charge in [0.25, 0.3) is 15.6 Å². The van der Waals surface area contributed by atoms with Crippen LogP contribution in [0.4, 0.5) is 0 Å². The Morgan fingerprint density at radius 3 is 2.37 bits per heavy atom. The highest BCUT2D eigenvalue weighted by atomic mass is 32.2. The molecule has 9 heteroatoms. The van der Waals surface area contributed by atoms with Gasteiger partial charge in [-0.2, -0.15) is 0 Å². The lowest BCUT2D eigenvalue weighted by molar-refractivity contribution is -0.116. The van der Waals surface area contributed by atoms with Crippen molar-refractivity contribution >= 4 is 27.7 Å². The molecule has 1 amide bonds. The fourth-order valence-corrected chi connectivity index (χ4v) is 4.53. The van der Waals surface area contributed by atoms with E-state index in [0.717, 1.165) is 22.9 Å². The van der Waals surface area contributed by atoms with Crippen LogP contribution in [0.15, 0.2) is 69.4 Å². The van der Waals surface area contributed by atoms with Gasteiger partial charge in [0.05, 0.1) is 10.6 Å². The molecule has 0 atom stereocenters. The molecular weight excluding hydrogens is 422 g/mol. The molecule has 1 heterocycles. The normalized spacial score (nSPS) is 11.3. The lowest BCUT2D eigenvalue weighted by atomic mass is 10.1. The van der Waals surface area contributed by atoms with Gasteiger partial charge in [-0.05, 0) is 31.5 Å². The number of aryl methyl sites for hydroxylation is 2. The number of thioether (sulfide) groups is 1. The van der Waals surface area contributed by atoms with Gasteiger partial charge in [-0.15, -0.1) is 0 Å². The Bertz CT molecular complexity index is 1210. The molecule has 2 N–H and O–H groups in total. The Balaban J connectivity index is 1.65. The van der Waals surface area contributed by atoms with E-state index in [9.17, 15) is 18.0 Å². The van der Waals surface area contributed by atoms with Crippen LogP contribution in [-0.2, 0) is 21.2 Å². The molecule has 0 saturated heterocycles. The zero-order chi connectivity index (χ0) is 21.7. The summed E-state index contributed by atoms with van der Waals surface area (Å²) in [6.07, 6.45) is 0.454. The van der Waals surface area contributed by atoms with Crippen molar-refractivity contribution in [3.8, 4) is 0 Å². The predicted molar refractivity (Wildman–Crippen MR) is 116 cm³/mol. The second-order valence-electron chi connectivity index (χ2n) is 6.73. The zero-order valence-electron chi connectivity index (χ0n) is 16.5. The third-order valence-corrected chi connectivity index (χ3v) is 6.61. The van der Waals surface area contributed by atoms with Crippen molar-refractivity contribution in [1.82, 2.24) is 14.7 Å². The van der Waals surface area contributed by atoms with Crippen LogP contribution in [0.1, 0.15) is 22.4 Å². The van der Waals surface area contributed by atoms with E-state index in [1.807, 2.05) is 42.0 Å². The van der Waals surface area contributed by atoms with Crippen molar-refractivity contribution in [2.24, 2.45) is 0 Å². The quantitative estimate of drug-likeness (QED) is 0.429. The number of carbonyl (C=O) groups is 1. The monoisotopic (exact) mass is 443 g/mol. The Labute approximate surface area is 179 Å². The molecule has 0 saturated carbocycles. The molecule has 2 aromatic carbocycles. The summed E-state index contributed by atoms with van der Waals surface area (Å²) in [5, 5.41) is 0.261. The number of carbonyl (C=O) groups excluding carboxylic acids is 1. The number of sulfonamides is 1. The highest BCUT2D eigenvalue weighted by Crippen LogP contribution is 2.15. The van der Waals surface area contributed by atoms with E-state index in [0.29, 0.717) is 17.7 Å². The average Bonchev–Trinajstić information content (AvgIpc) is 2.70. The van der Waals surface area contributed by atoms with Gasteiger partial charge in [-0.3, -0.25) is 9.59 Å². The summed E-state index contributed by atoms with van der Waals surface area (Å²) >= 11 is 0.967. The molecule has 0 aliphatic heterocycles. The molecule has 0 fully saturated rings. The molecule has 0 aliphatic rings. The van der Waals surface area contributed by atoms with E-state index in [2.05, 4.69) is 9.97 Å². The van der Waals surface area contributed by atoms with Gasteiger partial charge in [-0.1, -0.05) is 59.8 Å². The SMILES string of the molecule is Cc1ccc(S(=O)(=O)NC(=O)CSc2nc(C)c(Cc3ccccc3)c(=O)[nH]2)cc1. The Morgan fingerprint density at radius 1 is 1.07 bits per heavy atom. The third-order valence-electron chi connectivity index (χ3n) is 4.34. The summed E-state index contributed by atoms with van der Waals surface area (Å²) in [5.41, 5.74) is 2.75. The van der Waals surface area contributed by atoms with Gasteiger partial charge >= 0.3 is 0 Å². The van der Waals surface area contributed by atoms with Crippen molar-refractivity contribution < 1.29 is 13.2 Å². The minimum Gasteiger partial charge on any atom is -0.301 e. The smallest absolute Gasteiger partial charge is 0.264 e. The first-order valence-corrected chi connectivity index (χ1v) is 11.6. The third kappa shape index (κ3) is 5.58. The molecule has 0 spiro atoms. The van der Waals surface area contributed by atoms with Crippen molar-refractivity contribution in [2.75, 3.05) is 5.75 Å². The number of hydrogen-bond donors (Lipinski definition) is 2. The Hall–Kier alpha value is -2.91. The maximum atomic E-state index is 12.4. The van der Waals surface area contributed by atoms with E-state index in [-0.39, 0.29) is 21.4 Å². The second kappa shape index (κ2) is 9.27. The minimum atomic E-state index is -3.94. The number of benzene rings is 2. The maximum absolute atomic E-state index is 12.4. The molecule has 3 aromatic rings. The number of nitrogens with one attached hydrogen (secondary N) is 2. The molecule has 1 aromatic heterocycles. The van der Waals surface area contributed by atoms with Gasteiger partial charge in [0.2, 0.25) is 5.91 Å². The van der Waals surface area contributed by atoms with Crippen molar-refractivity contribution in [1.29, 1.82) is 0 Å². The summed E-state index contributed by atoms with van der Waals surface area (Å²) in [4.78, 5) is 31.6. The Kier molecular flexibility index (Phi) is 6.73. The summed E-state index contributed by atoms with van der Waals surface area (Å²) in [6, 6.07) is 15.8. The number of aromatic nitrogens is 2. The number of H-pyrrole nitrogens is 1. The van der Waals surface area contributed by atoms with Crippen molar-refractivity contribution in [3.63, 3.8) is 0 Å². The zero-order valence-corrected chi connectivity index (χ0v) is 18.1. The summed E-state index contributed by atoms with van der Waals surface area (Å²) < 4.78 is 26.6. The van der Waals surface area contributed by atoms with Gasteiger partial charge in [0.15, 0.2) is 5.16 Å². The van der Waals surface area contributed by atoms with Crippen LogP contribution in [0.3, 0.4) is 0 Å². The van der Waals surface area contributed by atoms with E-state index < -0.39 is 15.9 Å². The highest BCUT2D eigenvalue weighted by Gasteiger charge is 2.18.